The van der Waals surface area contributed by atoms with Crippen molar-refractivity contribution in [2.24, 2.45) is 10.8 Å². The Bertz CT molecular complexity index is 449. The van der Waals surface area contributed by atoms with Crippen LogP contribution in [0, 0.1) is 10.8 Å². The average molecular weight is 321 g/mol. The van der Waals surface area contributed by atoms with Crippen LogP contribution in [0.25, 0.3) is 0 Å². The number of allylic oxidation sites excluding steroid dienone is 2. The van der Waals surface area contributed by atoms with Crippen molar-refractivity contribution in [3.8, 4) is 0 Å². The number of unbranched alkanes of at least 4 members (excludes halogenated alkanes) is 1. The highest BCUT2D eigenvalue weighted by molar-refractivity contribution is 5.27. The molecule has 23 heavy (non-hydrogen) atoms. The Morgan fingerprint density at radius 3 is 2.57 bits per heavy atom. The van der Waals surface area contributed by atoms with Crippen molar-refractivity contribution in [1.29, 1.82) is 0 Å². The van der Waals surface area contributed by atoms with Gasteiger partial charge in [-0.3, -0.25) is 0 Å². The molecular weight excluding hydrogens is 284 g/mol. The molecule has 0 aromatic carbocycles. The number of hydrogen-bond donors (Lipinski definition) is 2. The molecule has 0 saturated heterocycles. The molecule has 1 rings (SSSR count). The SMILES string of the molecule is C=CC[C@]1(C)CCCC=C1[C@H](O)[C@](O)(CCCC)C(C)(C)C=C. The van der Waals surface area contributed by atoms with Crippen molar-refractivity contribution in [3.05, 3.63) is 37.0 Å². The minimum atomic E-state index is -1.20. The second-order valence-corrected chi connectivity index (χ2v) is 7.96. The number of aliphatic hydroxyl groups excluding tert-OH is 1. The lowest BCUT2D eigenvalue weighted by Crippen LogP contribution is -2.55. The normalized spacial score (nSPS) is 26.1. The lowest BCUT2D eigenvalue weighted by atomic mass is 9.61. The highest BCUT2D eigenvalue weighted by atomic mass is 16.3. The molecule has 0 bridgehead atoms. The molecule has 0 heterocycles. The maximum absolute atomic E-state index is 11.5. The van der Waals surface area contributed by atoms with Crippen LogP contribution in [0.5, 0.6) is 0 Å². The Hall–Kier alpha value is -0.860. The standard InChI is InChI=1S/C21H36O2/c1-7-10-16-21(23,19(4,5)9-3)18(22)17-13-11-12-15-20(17,6)14-8-2/h8-9,13,18,22-23H,2-3,7,10-12,14-16H2,1,4-6H3/t18-,20+,21+/m0/s1. The van der Waals surface area contributed by atoms with E-state index in [-0.39, 0.29) is 5.41 Å². The van der Waals surface area contributed by atoms with Crippen molar-refractivity contribution in [1.82, 2.24) is 0 Å². The number of rotatable bonds is 9. The van der Waals surface area contributed by atoms with Gasteiger partial charge in [0.15, 0.2) is 0 Å². The third-order valence-electron chi connectivity index (χ3n) is 5.87. The van der Waals surface area contributed by atoms with Crippen LogP contribution in [0.2, 0.25) is 0 Å². The molecule has 0 spiro atoms. The molecule has 0 aromatic rings. The van der Waals surface area contributed by atoms with Crippen LogP contribution in [0.4, 0.5) is 0 Å². The largest absolute Gasteiger partial charge is 0.386 e. The van der Waals surface area contributed by atoms with Crippen LogP contribution in [0.15, 0.2) is 37.0 Å². The third kappa shape index (κ3) is 3.97. The molecule has 0 radical (unpaired) electrons. The van der Waals surface area contributed by atoms with Crippen molar-refractivity contribution >= 4 is 0 Å². The zero-order valence-corrected chi connectivity index (χ0v) is 15.6. The molecule has 0 unspecified atom stereocenters. The lowest BCUT2D eigenvalue weighted by molar-refractivity contribution is -0.129. The Balaban J connectivity index is 3.27. The van der Waals surface area contributed by atoms with E-state index in [1.165, 1.54) is 0 Å². The van der Waals surface area contributed by atoms with Crippen LogP contribution >= 0.6 is 0 Å². The lowest BCUT2D eigenvalue weighted by Gasteiger charge is -2.49. The van der Waals surface area contributed by atoms with Gasteiger partial charge in [0.25, 0.3) is 0 Å². The fraction of sp³-hybridized carbons (Fsp3) is 0.714. The molecule has 2 N–H and O–H groups in total. The smallest absolute Gasteiger partial charge is 0.105 e. The maximum Gasteiger partial charge on any atom is 0.105 e. The fourth-order valence-corrected chi connectivity index (χ4v) is 3.81. The third-order valence-corrected chi connectivity index (χ3v) is 5.87. The average Bonchev–Trinajstić information content (AvgIpc) is 2.52. The van der Waals surface area contributed by atoms with Gasteiger partial charge >= 0.3 is 0 Å². The molecule has 0 fully saturated rings. The summed E-state index contributed by atoms with van der Waals surface area (Å²) >= 11 is 0. The van der Waals surface area contributed by atoms with Gasteiger partial charge in [-0.05, 0) is 43.1 Å². The predicted octanol–water partition coefficient (Wildman–Crippen LogP) is 5.17. The van der Waals surface area contributed by atoms with Gasteiger partial charge in [0.05, 0.1) is 0 Å². The quantitative estimate of drug-likeness (QED) is 0.575. The molecule has 2 heteroatoms. The molecule has 3 atom stereocenters. The van der Waals surface area contributed by atoms with E-state index in [0.717, 1.165) is 44.1 Å². The summed E-state index contributed by atoms with van der Waals surface area (Å²) in [7, 11) is 0. The summed E-state index contributed by atoms with van der Waals surface area (Å²) < 4.78 is 0. The molecule has 1 aliphatic rings. The first-order valence-electron chi connectivity index (χ1n) is 9.04. The summed E-state index contributed by atoms with van der Waals surface area (Å²) in [6.45, 7) is 16.0. The van der Waals surface area contributed by atoms with Crippen LogP contribution in [-0.2, 0) is 0 Å². The Labute approximate surface area is 143 Å². The van der Waals surface area contributed by atoms with E-state index in [4.69, 9.17) is 0 Å². The molecule has 2 nitrogen and oxygen atoms in total. The van der Waals surface area contributed by atoms with E-state index in [2.05, 4.69) is 33.1 Å². The van der Waals surface area contributed by atoms with Crippen LogP contribution in [0.1, 0.15) is 72.6 Å². The van der Waals surface area contributed by atoms with E-state index in [9.17, 15) is 10.2 Å². The maximum atomic E-state index is 11.5. The zero-order chi connectivity index (χ0) is 17.7. The first kappa shape index (κ1) is 20.2. The summed E-state index contributed by atoms with van der Waals surface area (Å²) in [4.78, 5) is 0. The molecular formula is C21H36O2. The van der Waals surface area contributed by atoms with Crippen LogP contribution < -0.4 is 0 Å². The van der Waals surface area contributed by atoms with Crippen molar-refractivity contribution in [3.63, 3.8) is 0 Å². The van der Waals surface area contributed by atoms with Crippen molar-refractivity contribution < 1.29 is 10.2 Å². The van der Waals surface area contributed by atoms with Crippen molar-refractivity contribution in [2.75, 3.05) is 0 Å². The predicted molar refractivity (Wildman–Crippen MR) is 99.3 cm³/mol. The van der Waals surface area contributed by atoms with Crippen molar-refractivity contribution in [2.45, 2.75) is 84.3 Å². The van der Waals surface area contributed by atoms with Gasteiger partial charge in [-0.15, -0.1) is 13.2 Å². The van der Waals surface area contributed by atoms with Crippen LogP contribution in [-0.4, -0.2) is 21.9 Å². The van der Waals surface area contributed by atoms with Gasteiger partial charge in [-0.2, -0.15) is 0 Å². The summed E-state index contributed by atoms with van der Waals surface area (Å²) in [6.07, 6.45) is 11.4. The van der Waals surface area contributed by atoms with Gasteiger partial charge in [0, 0.05) is 5.41 Å². The Kier molecular flexibility index (Phi) is 6.85. The summed E-state index contributed by atoms with van der Waals surface area (Å²) in [6, 6.07) is 0. The van der Waals surface area contributed by atoms with Gasteiger partial charge < -0.3 is 10.2 Å². The van der Waals surface area contributed by atoms with Gasteiger partial charge in [0.1, 0.15) is 11.7 Å². The first-order chi connectivity index (χ1) is 10.7. The molecule has 1 aliphatic carbocycles. The minimum Gasteiger partial charge on any atom is -0.386 e. The molecule has 0 saturated carbocycles. The van der Waals surface area contributed by atoms with E-state index >= 15 is 0 Å². The van der Waals surface area contributed by atoms with Crippen LogP contribution in [0.3, 0.4) is 0 Å². The van der Waals surface area contributed by atoms with E-state index in [0.29, 0.717) is 6.42 Å². The second-order valence-electron chi connectivity index (χ2n) is 7.96. The molecule has 0 aliphatic heterocycles. The van der Waals surface area contributed by atoms with E-state index in [1.807, 2.05) is 19.9 Å². The van der Waals surface area contributed by atoms with Gasteiger partial charge in [-0.25, -0.2) is 0 Å². The second kappa shape index (κ2) is 7.81. The summed E-state index contributed by atoms with van der Waals surface area (Å²) in [5, 5.41) is 22.8. The van der Waals surface area contributed by atoms with Gasteiger partial charge in [0.2, 0.25) is 0 Å². The summed E-state index contributed by atoms with van der Waals surface area (Å²) in [5.41, 5.74) is -0.889. The first-order valence-corrected chi connectivity index (χ1v) is 9.04. The molecule has 0 amide bonds. The van der Waals surface area contributed by atoms with Gasteiger partial charge in [-0.1, -0.05) is 58.8 Å². The Morgan fingerprint density at radius 2 is 2.04 bits per heavy atom. The van der Waals surface area contributed by atoms with E-state index < -0.39 is 17.1 Å². The molecule has 0 aromatic heterocycles. The highest BCUT2D eigenvalue weighted by Gasteiger charge is 2.50. The monoisotopic (exact) mass is 320 g/mol. The highest BCUT2D eigenvalue weighted by Crippen LogP contribution is 2.49. The number of aliphatic hydroxyl groups is 2. The fourth-order valence-electron chi connectivity index (χ4n) is 3.81. The van der Waals surface area contributed by atoms with E-state index in [1.54, 1.807) is 6.08 Å². The topological polar surface area (TPSA) is 40.5 Å². The zero-order valence-electron chi connectivity index (χ0n) is 15.6. The minimum absolute atomic E-state index is 0.114. The number of hydrogen-bond acceptors (Lipinski definition) is 2. The Morgan fingerprint density at radius 1 is 1.39 bits per heavy atom. The summed E-state index contributed by atoms with van der Waals surface area (Å²) in [5.74, 6) is 0. The molecule has 132 valence electrons.